The number of hydrogen-bond acceptors (Lipinski definition) is 2. The molecule has 1 unspecified atom stereocenters. The molecule has 0 saturated heterocycles. The Morgan fingerprint density at radius 3 is 2.60 bits per heavy atom. The number of nitrogens with zero attached hydrogens (tertiary/aromatic N) is 2. The van der Waals surface area contributed by atoms with Gasteiger partial charge >= 0.3 is 0 Å². The molecule has 0 aliphatic rings. The van der Waals surface area contributed by atoms with E-state index in [-0.39, 0.29) is 6.04 Å². The van der Waals surface area contributed by atoms with Crippen molar-refractivity contribution >= 4 is 0 Å². The molecule has 0 saturated carbocycles. The van der Waals surface area contributed by atoms with Crippen LogP contribution in [0.3, 0.4) is 0 Å². The van der Waals surface area contributed by atoms with Gasteiger partial charge in [-0.25, -0.2) is 0 Å². The fourth-order valence-corrected chi connectivity index (χ4v) is 2.90. The van der Waals surface area contributed by atoms with Gasteiger partial charge in [0.05, 0.1) is 11.7 Å². The van der Waals surface area contributed by atoms with Crippen molar-refractivity contribution in [2.24, 2.45) is 7.05 Å². The minimum Gasteiger partial charge on any atom is -0.309 e. The lowest BCUT2D eigenvalue weighted by molar-refractivity contribution is 0.677. The molecule has 1 heterocycles. The fourth-order valence-electron chi connectivity index (χ4n) is 2.90. The number of aryl methyl sites for hydroxylation is 3. The van der Waals surface area contributed by atoms with E-state index in [9.17, 15) is 0 Å². The van der Waals surface area contributed by atoms with Crippen LogP contribution >= 0.6 is 0 Å². The van der Waals surface area contributed by atoms with Crippen molar-refractivity contribution in [1.82, 2.24) is 15.1 Å². The van der Waals surface area contributed by atoms with Gasteiger partial charge in [-0.1, -0.05) is 37.6 Å². The molecule has 0 radical (unpaired) electrons. The van der Waals surface area contributed by atoms with Gasteiger partial charge in [-0.05, 0) is 38.4 Å². The minimum atomic E-state index is 0.209. The number of nitrogens with one attached hydrogen (secondary N) is 1. The molecular formula is C17H25N3. The van der Waals surface area contributed by atoms with E-state index in [4.69, 9.17) is 0 Å². The molecular weight excluding hydrogens is 246 g/mol. The highest BCUT2D eigenvalue weighted by molar-refractivity contribution is 5.38. The third kappa shape index (κ3) is 2.78. The molecule has 0 fully saturated rings. The van der Waals surface area contributed by atoms with Crippen LogP contribution in [0.1, 0.15) is 47.5 Å². The third-order valence-electron chi connectivity index (χ3n) is 3.97. The first kappa shape index (κ1) is 14.8. The summed E-state index contributed by atoms with van der Waals surface area (Å²) in [5, 5.41) is 7.99. The van der Waals surface area contributed by atoms with Gasteiger partial charge in [0.25, 0.3) is 0 Å². The Bertz CT molecular complexity index is 584. The maximum Gasteiger partial charge on any atom is 0.0647 e. The molecule has 1 N–H and O–H groups in total. The van der Waals surface area contributed by atoms with Crippen molar-refractivity contribution in [3.05, 3.63) is 52.3 Å². The highest BCUT2D eigenvalue weighted by Gasteiger charge is 2.20. The summed E-state index contributed by atoms with van der Waals surface area (Å²) < 4.78 is 1.96. The Balaban J connectivity index is 2.44. The van der Waals surface area contributed by atoms with Gasteiger partial charge in [0.15, 0.2) is 0 Å². The Hall–Kier alpha value is -1.61. The smallest absolute Gasteiger partial charge is 0.0647 e. The fraction of sp³-hybridized carbons (Fsp3) is 0.471. The van der Waals surface area contributed by atoms with E-state index in [0.29, 0.717) is 0 Å². The Kier molecular flexibility index (Phi) is 4.61. The summed E-state index contributed by atoms with van der Waals surface area (Å²) in [6.07, 6.45) is 2.31. The zero-order valence-electron chi connectivity index (χ0n) is 13.2. The van der Waals surface area contributed by atoms with Crippen molar-refractivity contribution in [3.63, 3.8) is 0 Å². The molecule has 0 bridgehead atoms. The summed E-state index contributed by atoms with van der Waals surface area (Å²) in [6, 6.07) is 9.09. The quantitative estimate of drug-likeness (QED) is 0.904. The van der Waals surface area contributed by atoms with Crippen LogP contribution in [0.5, 0.6) is 0 Å². The van der Waals surface area contributed by atoms with Crippen LogP contribution in [-0.4, -0.2) is 16.8 Å². The SMILES string of the molecule is CCCc1cccc(C(NC)c2c(C)nn(C)c2C)c1. The summed E-state index contributed by atoms with van der Waals surface area (Å²) in [7, 11) is 4.02. The van der Waals surface area contributed by atoms with E-state index in [1.807, 2.05) is 18.8 Å². The predicted molar refractivity (Wildman–Crippen MR) is 84.0 cm³/mol. The molecule has 3 heteroatoms. The third-order valence-corrected chi connectivity index (χ3v) is 3.97. The van der Waals surface area contributed by atoms with Crippen LogP contribution in [0.4, 0.5) is 0 Å². The van der Waals surface area contributed by atoms with Crippen molar-refractivity contribution in [2.75, 3.05) is 7.05 Å². The average Bonchev–Trinajstić information content (AvgIpc) is 2.67. The molecule has 0 aliphatic carbocycles. The van der Waals surface area contributed by atoms with Gasteiger partial charge in [-0.3, -0.25) is 4.68 Å². The van der Waals surface area contributed by atoms with Gasteiger partial charge in [0.1, 0.15) is 0 Å². The summed E-state index contributed by atoms with van der Waals surface area (Å²) in [4.78, 5) is 0. The van der Waals surface area contributed by atoms with Crippen LogP contribution in [-0.2, 0) is 13.5 Å². The van der Waals surface area contributed by atoms with E-state index in [0.717, 1.165) is 12.1 Å². The molecule has 20 heavy (non-hydrogen) atoms. The van der Waals surface area contributed by atoms with Crippen LogP contribution in [0.15, 0.2) is 24.3 Å². The number of aromatic nitrogens is 2. The standard InChI is InChI=1S/C17H25N3/c1-6-8-14-9-7-10-15(11-14)17(18-4)16-12(2)19-20(5)13(16)3/h7,9-11,17-18H,6,8H2,1-5H3. The molecule has 2 rings (SSSR count). The highest BCUT2D eigenvalue weighted by Crippen LogP contribution is 2.27. The Morgan fingerprint density at radius 2 is 2.05 bits per heavy atom. The topological polar surface area (TPSA) is 29.9 Å². The molecule has 1 aromatic carbocycles. The summed E-state index contributed by atoms with van der Waals surface area (Å²) in [5.74, 6) is 0. The van der Waals surface area contributed by atoms with E-state index in [1.54, 1.807) is 0 Å². The first-order valence-electron chi connectivity index (χ1n) is 7.34. The van der Waals surface area contributed by atoms with Crippen LogP contribution in [0.25, 0.3) is 0 Å². The molecule has 0 amide bonds. The summed E-state index contributed by atoms with van der Waals surface area (Å²) in [5.41, 5.74) is 6.35. The molecule has 0 aliphatic heterocycles. The lowest BCUT2D eigenvalue weighted by atomic mass is 9.95. The lowest BCUT2D eigenvalue weighted by Crippen LogP contribution is -2.19. The zero-order chi connectivity index (χ0) is 14.7. The van der Waals surface area contributed by atoms with Crippen molar-refractivity contribution < 1.29 is 0 Å². The van der Waals surface area contributed by atoms with E-state index in [1.165, 1.54) is 28.8 Å². The molecule has 2 aromatic rings. The monoisotopic (exact) mass is 271 g/mol. The van der Waals surface area contributed by atoms with Gasteiger partial charge in [-0.2, -0.15) is 5.10 Å². The largest absolute Gasteiger partial charge is 0.309 e. The van der Waals surface area contributed by atoms with Crippen molar-refractivity contribution in [1.29, 1.82) is 0 Å². The van der Waals surface area contributed by atoms with E-state index >= 15 is 0 Å². The van der Waals surface area contributed by atoms with Gasteiger partial charge in [0, 0.05) is 18.3 Å². The van der Waals surface area contributed by atoms with E-state index < -0.39 is 0 Å². The summed E-state index contributed by atoms with van der Waals surface area (Å²) in [6.45, 7) is 6.44. The van der Waals surface area contributed by atoms with Gasteiger partial charge in [-0.15, -0.1) is 0 Å². The zero-order valence-corrected chi connectivity index (χ0v) is 13.2. The predicted octanol–water partition coefficient (Wildman–Crippen LogP) is 3.30. The molecule has 0 spiro atoms. The molecule has 1 aromatic heterocycles. The maximum atomic E-state index is 4.54. The second-order valence-electron chi connectivity index (χ2n) is 5.42. The minimum absolute atomic E-state index is 0.209. The highest BCUT2D eigenvalue weighted by atomic mass is 15.3. The van der Waals surface area contributed by atoms with Crippen molar-refractivity contribution in [2.45, 2.75) is 39.7 Å². The first-order chi connectivity index (χ1) is 9.58. The van der Waals surface area contributed by atoms with Crippen LogP contribution < -0.4 is 5.32 Å². The lowest BCUT2D eigenvalue weighted by Gasteiger charge is -2.18. The Labute approximate surface area is 122 Å². The van der Waals surface area contributed by atoms with Crippen molar-refractivity contribution in [3.8, 4) is 0 Å². The number of rotatable bonds is 5. The normalized spacial score (nSPS) is 12.7. The average molecular weight is 271 g/mol. The molecule has 1 atom stereocenters. The molecule has 108 valence electrons. The number of benzene rings is 1. The maximum absolute atomic E-state index is 4.54. The second kappa shape index (κ2) is 6.23. The Morgan fingerprint density at radius 1 is 1.30 bits per heavy atom. The molecule has 3 nitrogen and oxygen atoms in total. The first-order valence-corrected chi connectivity index (χ1v) is 7.34. The number of hydrogen-bond donors (Lipinski definition) is 1. The second-order valence-corrected chi connectivity index (χ2v) is 5.42. The van der Waals surface area contributed by atoms with Gasteiger partial charge in [0.2, 0.25) is 0 Å². The van der Waals surface area contributed by atoms with Crippen LogP contribution in [0, 0.1) is 13.8 Å². The van der Waals surface area contributed by atoms with E-state index in [2.05, 4.69) is 55.5 Å². The van der Waals surface area contributed by atoms with Crippen LogP contribution in [0.2, 0.25) is 0 Å². The van der Waals surface area contributed by atoms with Gasteiger partial charge < -0.3 is 5.32 Å². The summed E-state index contributed by atoms with van der Waals surface area (Å²) >= 11 is 0.